The smallest absolute Gasteiger partial charge is 0.410 e. The number of hydrogen-bond acceptors (Lipinski definition) is 7. The van der Waals surface area contributed by atoms with Gasteiger partial charge in [-0.1, -0.05) is 23.5 Å². The zero-order valence-corrected chi connectivity index (χ0v) is 17.4. The van der Waals surface area contributed by atoms with Crippen molar-refractivity contribution in [3.05, 3.63) is 34.8 Å². The van der Waals surface area contributed by atoms with Gasteiger partial charge in [-0.15, -0.1) is 10.2 Å². The number of aromatic nitrogens is 2. The second-order valence-corrected chi connectivity index (χ2v) is 8.77. The van der Waals surface area contributed by atoms with Crippen LogP contribution in [0.3, 0.4) is 0 Å². The van der Waals surface area contributed by atoms with Crippen molar-refractivity contribution in [3.63, 3.8) is 0 Å². The molecule has 28 heavy (non-hydrogen) atoms. The Bertz CT molecular complexity index is 834. The van der Waals surface area contributed by atoms with E-state index >= 15 is 0 Å². The molecule has 150 valence electrons. The fourth-order valence-electron chi connectivity index (χ4n) is 3.02. The molecule has 0 atom stereocenters. The van der Waals surface area contributed by atoms with Crippen LogP contribution in [-0.4, -0.2) is 53.0 Å². The van der Waals surface area contributed by atoms with Crippen molar-refractivity contribution in [2.45, 2.75) is 45.1 Å². The Labute approximate surface area is 168 Å². The highest BCUT2D eigenvalue weighted by Crippen LogP contribution is 2.33. The van der Waals surface area contributed by atoms with E-state index in [1.165, 1.54) is 7.11 Å². The first-order chi connectivity index (χ1) is 13.3. The molecule has 1 fully saturated rings. The predicted molar refractivity (Wildman–Crippen MR) is 106 cm³/mol. The van der Waals surface area contributed by atoms with E-state index in [9.17, 15) is 9.59 Å². The summed E-state index contributed by atoms with van der Waals surface area (Å²) in [5.74, 6) is -0.0690. The molecule has 1 aliphatic rings. The summed E-state index contributed by atoms with van der Waals surface area (Å²) >= 11 is 1.56. The van der Waals surface area contributed by atoms with E-state index < -0.39 is 5.60 Å². The molecule has 0 radical (unpaired) electrons. The van der Waals surface area contributed by atoms with Crippen LogP contribution in [0.25, 0.3) is 10.6 Å². The minimum Gasteiger partial charge on any atom is -0.465 e. The van der Waals surface area contributed by atoms with E-state index in [1.807, 2.05) is 32.9 Å². The van der Waals surface area contributed by atoms with E-state index in [0.29, 0.717) is 24.6 Å². The lowest BCUT2D eigenvalue weighted by Crippen LogP contribution is -2.41. The second-order valence-electron chi connectivity index (χ2n) is 7.76. The van der Waals surface area contributed by atoms with Gasteiger partial charge >= 0.3 is 12.1 Å². The van der Waals surface area contributed by atoms with Crippen LogP contribution < -0.4 is 0 Å². The summed E-state index contributed by atoms with van der Waals surface area (Å²) in [7, 11) is 1.36. The van der Waals surface area contributed by atoms with Gasteiger partial charge in [-0.2, -0.15) is 0 Å². The highest BCUT2D eigenvalue weighted by molar-refractivity contribution is 7.14. The van der Waals surface area contributed by atoms with Gasteiger partial charge in [0.1, 0.15) is 15.6 Å². The van der Waals surface area contributed by atoms with Crippen molar-refractivity contribution in [2.75, 3.05) is 20.2 Å². The Morgan fingerprint density at radius 2 is 1.75 bits per heavy atom. The van der Waals surface area contributed by atoms with Gasteiger partial charge in [-0.3, -0.25) is 0 Å². The minimum absolute atomic E-state index is 0.255. The van der Waals surface area contributed by atoms with E-state index in [1.54, 1.807) is 28.4 Å². The number of carbonyl (C=O) groups is 2. The largest absolute Gasteiger partial charge is 0.465 e. The van der Waals surface area contributed by atoms with Gasteiger partial charge in [-0.25, -0.2) is 9.59 Å². The predicted octanol–water partition coefficient (Wildman–Crippen LogP) is 4.11. The number of ether oxygens (including phenoxy) is 2. The summed E-state index contributed by atoms with van der Waals surface area (Å²) in [4.78, 5) is 25.5. The number of nitrogens with zero attached hydrogens (tertiary/aromatic N) is 3. The van der Waals surface area contributed by atoms with Crippen LogP contribution >= 0.6 is 11.3 Å². The summed E-state index contributed by atoms with van der Waals surface area (Å²) < 4.78 is 10.2. The molecule has 1 aromatic carbocycles. The van der Waals surface area contributed by atoms with Crippen LogP contribution in [0.15, 0.2) is 24.3 Å². The van der Waals surface area contributed by atoms with Crippen LogP contribution in [0, 0.1) is 0 Å². The highest BCUT2D eigenvalue weighted by Gasteiger charge is 2.29. The van der Waals surface area contributed by atoms with Gasteiger partial charge in [0, 0.05) is 24.6 Å². The number of likely N-dealkylation sites (tertiary alicyclic amines) is 1. The molecule has 0 bridgehead atoms. The summed E-state index contributed by atoms with van der Waals surface area (Å²) in [6.07, 6.45) is 1.43. The monoisotopic (exact) mass is 403 g/mol. The van der Waals surface area contributed by atoms with Crippen molar-refractivity contribution in [1.29, 1.82) is 0 Å². The first-order valence-corrected chi connectivity index (χ1v) is 10.1. The maximum absolute atomic E-state index is 12.2. The molecule has 0 aliphatic carbocycles. The molecule has 2 heterocycles. The fourth-order valence-corrected chi connectivity index (χ4v) is 4.04. The van der Waals surface area contributed by atoms with Gasteiger partial charge in [0.15, 0.2) is 0 Å². The summed E-state index contributed by atoms with van der Waals surface area (Å²) in [6.45, 7) is 6.93. The Balaban J connectivity index is 1.61. The van der Waals surface area contributed by atoms with Gasteiger partial charge < -0.3 is 14.4 Å². The topological polar surface area (TPSA) is 81.6 Å². The molecule has 0 N–H and O–H groups in total. The number of benzene rings is 1. The van der Waals surface area contributed by atoms with Gasteiger partial charge in [-0.05, 0) is 45.7 Å². The average Bonchev–Trinajstić information content (AvgIpc) is 3.16. The van der Waals surface area contributed by atoms with E-state index in [-0.39, 0.29) is 12.1 Å². The SMILES string of the molecule is COC(=O)c1ccc(-c2nnc(C3CCN(C(=O)OC(C)(C)C)CC3)s2)cc1. The number of hydrogen-bond donors (Lipinski definition) is 0. The third kappa shape index (κ3) is 4.86. The van der Waals surface area contributed by atoms with Crippen molar-refractivity contribution in [1.82, 2.24) is 15.1 Å². The molecule has 7 nitrogen and oxygen atoms in total. The fraction of sp³-hybridized carbons (Fsp3) is 0.500. The molecule has 0 spiro atoms. The maximum atomic E-state index is 12.2. The number of methoxy groups -OCH3 is 1. The Hall–Kier alpha value is -2.48. The standard InChI is InChI=1S/C20H25N3O4S/c1-20(2,3)27-19(25)23-11-9-14(10-12-23)17-22-21-16(28-17)13-5-7-15(8-6-13)18(24)26-4/h5-8,14H,9-12H2,1-4H3. The number of esters is 1. The summed E-state index contributed by atoms with van der Waals surface area (Å²) in [5, 5.41) is 10.5. The zero-order chi connectivity index (χ0) is 20.3. The zero-order valence-electron chi connectivity index (χ0n) is 16.6. The van der Waals surface area contributed by atoms with Gasteiger partial charge in [0.2, 0.25) is 0 Å². The van der Waals surface area contributed by atoms with Crippen LogP contribution in [0.5, 0.6) is 0 Å². The minimum atomic E-state index is -0.481. The lowest BCUT2D eigenvalue weighted by Gasteiger charge is -2.32. The van der Waals surface area contributed by atoms with Crippen molar-refractivity contribution >= 4 is 23.4 Å². The molecular weight excluding hydrogens is 378 g/mol. The molecule has 0 unspecified atom stereocenters. The first-order valence-electron chi connectivity index (χ1n) is 9.27. The Morgan fingerprint density at radius 3 is 2.32 bits per heavy atom. The molecular formula is C20H25N3O4S. The maximum Gasteiger partial charge on any atom is 0.410 e. The number of rotatable bonds is 3. The molecule has 0 saturated carbocycles. The van der Waals surface area contributed by atoms with Crippen LogP contribution in [0.4, 0.5) is 4.79 Å². The highest BCUT2D eigenvalue weighted by atomic mass is 32.1. The second kappa shape index (κ2) is 8.26. The first kappa shape index (κ1) is 20.3. The molecule has 1 saturated heterocycles. The lowest BCUT2D eigenvalue weighted by atomic mass is 9.98. The summed E-state index contributed by atoms with van der Waals surface area (Å²) in [5.41, 5.74) is 0.943. The van der Waals surface area contributed by atoms with Crippen LogP contribution in [-0.2, 0) is 9.47 Å². The van der Waals surface area contributed by atoms with E-state index in [0.717, 1.165) is 28.4 Å². The van der Waals surface area contributed by atoms with Crippen LogP contribution in [0.1, 0.15) is 54.9 Å². The van der Waals surface area contributed by atoms with Gasteiger partial charge in [0.05, 0.1) is 12.7 Å². The van der Waals surface area contributed by atoms with Crippen molar-refractivity contribution in [2.24, 2.45) is 0 Å². The third-order valence-electron chi connectivity index (χ3n) is 4.49. The lowest BCUT2D eigenvalue weighted by molar-refractivity contribution is 0.0204. The summed E-state index contributed by atoms with van der Waals surface area (Å²) in [6, 6.07) is 7.15. The Morgan fingerprint density at radius 1 is 1.11 bits per heavy atom. The molecule has 2 aromatic rings. The van der Waals surface area contributed by atoms with E-state index in [2.05, 4.69) is 10.2 Å². The normalized spacial score (nSPS) is 15.4. The number of amides is 1. The Kier molecular flexibility index (Phi) is 5.98. The van der Waals surface area contributed by atoms with Crippen molar-refractivity contribution in [3.8, 4) is 10.6 Å². The van der Waals surface area contributed by atoms with Crippen LogP contribution in [0.2, 0.25) is 0 Å². The molecule has 1 amide bonds. The molecule has 1 aliphatic heterocycles. The number of carbonyl (C=O) groups excluding carboxylic acids is 2. The molecule has 1 aromatic heterocycles. The van der Waals surface area contributed by atoms with Gasteiger partial charge in [0.25, 0.3) is 0 Å². The third-order valence-corrected chi connectivity index (χ3v) is 5.62. The average molecular weight is 404 g/mol. The van der Waals surface area contributed by atoms with E-state index in [4.69, 9.17) is 9.47 Å². The molecule has 8 heteroatoms. The van der Waals surface area contributed by atoms with Crippen molar-refractivity contribution < 1.29 is 19.1 Å². The quantitative estimate of drug-likeness (QED) is 0.718. The molecule has 3 rings (SSSR count). The number of piperidine rings is 1.